The van der Waals surface area contributed by atoms with Crippen molar-refractivity contribution in [2.45, 2.75) is 41.5 Å². The molecule has 0 spiro atoms. The van der Waals surface area contributed by atoms with Crippen molar-refractivity contribution in [2.24, 2.45) is 10.8 Å². The van der Waals surface area contributed by atoms with Gasteiger partial charge in [0.15, 0.2) is 23.1 Å². The molecular weight excluding hydrogens is 398 g/mol. The molecule has 0 radical (unpaired) electrons. The molecule has 0 bridgehead atoms. The van der Waals surface area contributed by atoms with Crippen molar-refractivity contribution >= 4 is 17.5 Å². The summed E-state index contributed by atoms with van der Waals surface area (Å²) in [5.74, 6) is -2.02. The van der Waals surface area contributed by atoms with Gasteiger partial charge in [-0.1, -0.05) is 47.6 Å². The van der Waals surface area contributed by atoms with Crippen LogP contribution in [0.15, 0.2) is 30.3 Å². The van der Waals surface area contributed by atoms with E-state index in [1.165, 1.54) is 31.3 Å². The summed E-state index contributed by atoms with van der Waals surface area (Å²) in [4.78, 5) is 37.7. The number of ketones is 2. The van der Waals surface area contributed by atoms with Gasteiger partial charge in [-0.05, 0) is 24.3 Å². The van der Waals surface area contributed by atoms with Crippen molar-refractivity contribution in [3.8, 4) is 23.0 Å². The number of hydrogen-bond donors (Lipinski definition) is 3. The number of phenols is 2. The molecule has 0 unspecified atom stereocenters. The first kappa shape index (κ1) is 23.9. The molecule has 0 saturated heterocycles. The van der Waals surface area contributed by atoms with Crippen LogP contribution in [-0.4, -0.2) is 34.7 Å². The summed E-state index contributed by atoms with van der Waals surface area (Å²) in [6.07, 6.45) is 0. The van der Waals surface area contributed by atoms with E-state index in [1.807, 2.05) is 0 Å². The van der Waals surface area contributed by atoms with E-state index in [0.717, 1.165) is 0 Å². The smallest absolute Gasteiger partial charge is 0.254 e. The quantitative estimate of drug-likeness (QED) is 0.596. The third kappa shape index (κ3) is 5.05. The van der Waals surface area contributed by atoms with E-state index >= 15 is 0 Å². The average molecular weight is 427 g/mol. The number of benzene rings is 2. The van der Waals surface area contributed by atoms with Crippen LogP contribution in [0.2, 0.25) is 0 Å². The summed E-state index contributed by atoms with van der Waals surface area (Å²) in [7, 11) is 1.40. The molecule has 3 N–H and O–H groups in total. The van der Waals surface area contributed by atoms with Crippen LogP contribution in [0, 0.1) is 10.8 Å². The highest BCUT2D eigenvalue weighted by Gasteiger charge is 2.30. The Morgan fingerprint density at radius 3 is 1.84 bits per heavy atom. The van der Waals surface area contributed by atoms with Crippen LogP contribution in [0.4, 0.5) is 0 Å². The highest BCUT2D eigenvalue weighted by Crippen LogP contribution is 2.39. The van der Waals surface area contributed by atoms with Crippen LogP contribution in [-0.2, 0) is 0 Å². The molecule has 0 aliphatic carbocycles. The maximum absolute atomic E-state index is 12.8. The van der Waals surface area contributed by atoms with Gasteiger partial charge in [0.25, 0.3) is 5.91 Å². The minimum Gasteiger partial charge on any atom is -0.506 e. The molecule has 0 saturated carbocycles. The van der Waals surface area contributed by atoms with E-state index in [-0.39, 0.29) is 45.5 Å². The summed E-state index contributed by atoms with van der Waals surface area (Å²) in [5.41, 5.74) is -1.66. The predicted octanol–water partition coefficient (Wildman–Crippen LogP) is 4.71. The van der Waals surface area contributed by atoms with Gasteiger partial charge in [-0.3, -0.25) is 14.4 Å². The molecular formula is C24H29NO6. The second-order valence-corrected chi connectivity index (χ2v) is 9.36. The van der Waals surface area contributed by atoms with Crippen LogP contribution < -0.4 is 10.1 Å². The van der Waals surface area contributed by atoms with Crippen molar-refractivity contribution in [1.82, 2.24) is 5.32 Å². The Labute approximate surface area is 182 Å². The van der Waals surface area contributed by atoms with Crippen LogP contribution in [0.3, 0.4) is 0 Å². The minimum absolute atomic E-state index is 0.0159. The molecule has 1 amide bonds. The van der Waals surface area contributed by atoms with E-state index in [0.29, 0.717) is 0 Å². The van der Waals surface area contributed by atoms with Gasteiger partial charge in [0.1, 0.15) is 11.5 Å². The SMILES string of the molecule is CNC(=O)c1cc(Oc2cccc(C(=O)C(C)(C)C)c2O)cc(C(=O)C(C)(C)C)c1O. The Morgan fingerprint density at radius 1 is 0.806 bits per heavy atom. The molecule has 0 heterocycles. The Morgan fingerprint density at radius 2 is 1.32 bits per heavy atom. The van der Waals surface area contributed by atoms with E-state index < -0.39 is 22.5 Å². The van der Waals surface area contributed by atoms with Crippen LogP contribution in [0.5, 0.6) is 23.0 Å². The lowest BCUT2D eigenvalue weighted by Gasteiger charge is -2.20. The summed E-state index contributed by atoms with van der Waals surface area (Å²) in [5, 5.41) is 23.6. The summed E-state index contributed by atoms with van der Waals surface area (Å²) >= 11 is 0. The fourth-order valence-corrected chi connectivity index (χ4v) is 2.87. The van der Waals surface area contributed by atoms with Crippen molar-refractivity contribution < 1.29 is 29.3 Å². The van der Waals surface area contributed by atoms with Gasteiger partial charge >= 0.3 is 0 Å². The summed E-state index contributed by atoms with van der Waals surface area (Å²) in [6, 6.07) is 7.11. The normalized spacial score (nSPS) is 11.7. The van der Waals surface area contributed by atoms with E-state index in [9.17, 15) is 24.6 Å². The number of nitrogens with one attached hydrogen (secondary N) is 1. The third-order valence-corrected chi connectivity index (χ3v) is 4.63. The molecule has 2 aromatic carbocycles. The molecule has 0 atom stereocenters. The Hall–Kier alpha value is -3.35. The third-order valence-electron chi connectivity index (χ3n) is 4.63. The topological polar surface area (TPSA) is 113 Å². The second-order valence-electron chi connectivity index (χ2n) is 9.36. The fourth-order valence-electron chi connectivity index (χ4n) is 2.87. The van der Waals surface area contributed by atoms with Gasteiger partial charge in [0.05, 0.1) is 16.7 Å². The molecule has 2 aromatic rings. The number of carbonyl (C=O) groups is 3. The molecule has 31 heavy (non-hydrogen) atoms. The van der Waals surface area contributed by atoms with Gasteiger partial charge in [0, 0.05) is 17.9 Å². The van der Waals surface area contributed by atoms with Gasteiger partial charge < -0.3 is 20.3 Å². The van der Waals surface area contributed by atoms with Gasteiger partial charge in [-0.15, -0.1) is 0 Å². The number of carbonyl (C=O) groups excluding carboxylic acids is 3. The number of rotatable bonds is 5. The van der Waals surface area contributed by atoms with Crippen molar-refractivity contribution in [1.29, 1.82) is 0 Å². The zero-order valence-electron chi connectivity index (χ0n) is 18.9. The highest BCUT2D eigenvalue weighted by atomic mass is 16.5. The lowest BCUT2D eigenvalue weighted by atomic mass is 9.85. The number of para-hydroxylation sites is 1. The number of phenolic OH excluding ortho intramolecular Hbond substituents is 2. The predicted molar refractivity (Wildman–Crippen MR) is 117 cm³/mol. The highest BCUT2D eigenvalue weighted by molar-refractivity contribution is 6.07. The number of ether oxygens (including phenoxy) is 1. The molecule has 0 aliphatic heterocycles. The Balaban J connectivity index is 2.61. The monoisotopic (exact) mass is 427 g/mol. The van der Waals surface area contributed by atoms with Crippen molar-refractivity contribution in [3.05, 3.63) is 47.0 Å². The van der Waals surface area contributed by atoms with Gasteiger partial charge in [-0.25, -0.2) is 0 Å². The molecule has 0 aromatic heterocycles. The van der Waals surface area contributed by atoms with E-state index in [4.69, 9.17) is 4.74 Å². The van der Waals surface area contributed by atoms with Crippen LogP contribution in [0.1, 0.15) is 72.6 Å². The van der Waals surface area contributed by atoms with Crippen molar-refractivity contribution in [2.75, 3.05) is 7.05 Å². The Bertz CT molecular complexity index is 1040. The lowest BCUT2D eigenvalue weighted by molar-refractivity contribution is 0.0848. The number of aromatic hydroxyl groups is 2. The Kier molecular flexibility index (Phi) is 6.49. The lowest BCUT2D eigenvalue weighted by Crippen LogP contribution is -2.23. The maximum atomic E-state index is 12.8. The molecule has 7 nitrogen and oxygen atoms in total. The first-order chi connectivity index (χ1) is 14.2. The minimum atomic E-state index is -0.822. The number of Topliss-reactive ketones (excluding diaryl/α,β-unsaturated/α-hetero) is 2. The summed E-state index contributed by atoms with van der Waals surface area (Å²) in [6.45, 7) is 10.3. The van der Waals surface area contributed by atoms with Crippen LogP contribution in [0.25, 0.3) is 0 Å². The van der Waals surface area contributed by atoms with Crippen molar-refractivity contribution in [3.63, 3.8) is 0 Å². The number of hydrogen-bond acceptors (Lipinski definition) is 6. The zero-order valence-corrected chi connectivity index (χ0v) is 18.9. The molecule has 166 valence electrons. The molecule has 0 aliphatic rings. The molecule has 2 rings (SSSR count). The van der Waals surface area contributed by atoms with Gasteiger partial charge in [-0.2, -0.15) is 0 Å². The molecule has 7 heteroatoms. The largest absolute Gasteiger partial charge is 0.506 e. The number of amides is 1. The first-order valence-electron chi connectivity index (χ1n) is 9.87. The second kappa shape index (κ2) is 8.41. The van der Waals surface area contributed by atoms with E-state index in [2.05, 4.69) is 5.32 Å². The van der Waals surface area contributed by atoms with E-state index in [1.54, 1.807) is 47.6 Å². The first-order valence-corrected chi connectivity index (χ1v) is 9.87. The maximum Gasteiger partial charge on any atom is 0.254 e. The fraction of sp³-hybridized carbons (Fsp3) is 0.375. The standard InChI is InChI=1S/C24H29NO6/c1-23(2,3)20(28)14-9-8-10-17(19(14)27)31-13-11-15(21(29)24(4,5)6)18(26)16(12-13)22(30)25-7/h8-12,26-27H,1-7H3,(H,25,30). The van der Waals surface area contributed by atoms with Gasteiger partial charge in [0.2, 0.25) is 0 Å². The average Bonchev–Trinajstić information content (AvgIpc) is 2.67. The van der Waals surface area contributed by atoms with Crippen LogP contribution >= 0.6 is 0 Å². The zero-order chi connectivity index (χ0) is 23.7. The molecule has 0 fully saturated rings. The summed E-state index contributed by atoms with van der Waals surface area (Å²) < 4.78 is 5.76.